The topological polar surface area (TPSA) is 40.5 Å². The van der Waals surface area contributed by atoms with Crippen LogP contribution in [0.4, 0.5) is 0 Å². The van der Waals surface area contributed by atoms with Crippen LogP contribution in [0.25, 0.3) is 0 Å². The van der Waals surface area contributed by atoms with Crippen LogP contribution >= 0.6 is 0 Å². The van der Waals surface area contributed by atoms with E-state index in [1.165, 1.54) is 18.4 Å². The highest BCUT2D eigenvalue weighted by molar-refractivity contribution is 5.94. The number of hydrogen-bond donors (Lipinski definition) is 1. The number of nitrogens with zero attached hydrogens (tertiary/aromatic N) is 1. The molecule has 1 aromatic carbocycles. The molecule has 3 heteroatoms. The number of unbranched alkanes of at least 4 members (excludes halogenated alkanes) is 1. The van der Waals surface area contributed by atoms with Crippen molar-refractivity contribution in [2.24, 2.45) is 0 Å². The molecule has 0 aromatic heterocycles. The molecule has 0 atom stereocenters. The fraction of sp³-hybridized carbons (Fsp3) is 0.611. The zero-order valence-electron chi connectivity index (χ0n) is 13.3. The summed E-state index contributed by atoms with van der Waals surface area (Å²) >= 11 is 0. The van der Waals surface area contributed by atoms with Crippen LogP contribution in [0.2, 0.25) is 0 Å². The molecule has 0 unspecified atom stereocenters. The molecule has 1 fully saturated rings. The molecule has 0 spiro atoms. The Morgan fingerprint density at radius 2 is 1.86 bits per heavy atom. The van der Waals surface area contributed by atoms with Crippen molar-refractivity contribution in [1.29, 1.82) is 0 Å². The summed E-state index contributed by atoms with van der Waals surface area (Å²) in [5.41, 5.74) is 1.32. The molecule has 1 saturated carbocycles. The van der Waals surface area contributed by atoms with Gasteiger partial charge in [0.15, 0.2) is 0 Å². The van der Waals surface area contributed by atoms with Crippen molar-refractivity contribution in [2.45, 2.75) is 57.5 Å². The molecule has 1 aliphatic carbocycles. The molecule has 0 radical (unpaired) electrons. The predicted octanol–water partition coefficient (Wildman–Crippen LogP) is 3.41. The first kappa shape index (κ1) is 16.0. The SMILES string of the molecule is CCCCc1ccc(C(=O)N(C)CC2(O)CCCC2)cc1. The highest BCUT2D eigenvalue weighted by atomic mass is 16.3. The summed E-state index contributed by atoms with van der Waals surface area (Å²) in [5, 5.41) is 10.4. The van der Waals surface area contributed by atoms with Gasteiger partial charge in [0.1, 0.15) is 0 Å². The Hall–Kier alpha value is -1.35. The van der Waals surface area contributed by atoms with Gasteiger partial charge in [0.2, 0.25) is 0 Å². The smallest absolute Gasteiger partial charge is 0.253 e. The number of likely N-dealkylation sites (N-methyl/N-ethyl adjacent to an activating group) is 1. The number of aryl methyl sites for hydroxylation is 1. The summed E-state index contributed by atoms with van der Waals surface area (Å²) in [6.07, 6.45) is 7.17. The quantitative estimate of drug-likeness (QED) is 0.872. The average Bonchev–Trinajstić information content (AvgIpc) is 2.91. The minimum Gasteiger partial charge on any atom is -0.388 e. The zero-order valence-corrected chi connectivity index (χ0v) is 13.3. The molecule has 1 aliphatic rings. The van der Waals surface area contributed by atoms with Crippen molar-refractivity contribution < 1.29 is 9.90 Å². The molecule has 0 saturated heterocycles. The summed E-state index contributed by atoms with van der Waals surface area (Å²) in [6, 6.07) is 7.90. The monoisotopic (exact) mass is 289 g/mol. The van der Waals surface area contributed by atoms with E-state index in [0.717, 1.165) is 32.1 Å². The number of rotatable bonds is 6. The summed E-state index contributed by atoms with van der Waals surface area (Å²) in [7, 11) is 1.78. The first-order chi connectivity index (χ1) is 10.0. The van der Waals surface area contributed by atoms with Gasteiger partial charge >= 0.3 is 0 Å². The predicted molar refractivity (Wildman–Crippen MR) is 85.4 cm³/mol. The minimum absolute atomic E-state index is 0.00244. The number of aliphatic hydroxyl groups is 1. The molecule has 116 valence electrons. The van der Waals surface area contributed by atoms with Crippen molar-refractivity contribution in [1.82, 2.24) is 4.90 Å². The first-order valence-electron chi connectivity index (χ1n) is 8.11. The normalized spacial score (nSPS) is 16.9. The van der Waals surface area contributed by atoms with E-state index in [1.54, 1.807) is 11.9 Å². The Morgan fingerprint density at radius 1 is 1.24 bits per heavy atom. The van der Waals surface area contributed by atoms with E-state index in [2.05, 4.69) is 6.92 Å². The number of hydrogen-bond acceptors (Lipinski definition) is 2. The van der Waals surface area contributed by atoms with Crippen LogP contribution in [0, 0.1) is 0 Å². The zero-order chi connectivity index (χ0) is 15.3. The Bertz CT molecular complexity index is 461. The summed E-state index contributed by atoms with van der Waals surface area (Å²) in [6.45, 7) is 2.62. The summed E-state index contributed by atoms with van der Waals surface area (Å²) in [4.78, 5) is 14.1. The lowest BCUT2D eigenvalue weighted by atomic mass is 10.0. The second-order valence-electron chi connectivity index (χ2n) is 6.39. The molecule has 1 amide bonds. The lowest BCUT2D eigenvalue weighted by Gasteiger charge is -2.28. The van der Waals surface area contributed by atoms with E-state index in [-0.39, 0.29) is 5.91 Å². The molecule has 0 aliphatic heterocycles. The number of carbonyl (C=O) groups is 1. The van der Waals surface area contributed by atoms with Crippen LogP contribution in [0.5, 0.6) is 0 Å². The third-order valence-corrected chi connectivity index (χ3v) is 4.43. The third-order valence-electron chi connectivity index (χ3n) is 4.43. The van der Waals surface area contributed by atoms with Crippen molar-refractivity contribution >= 4 is 5.91 Å². The van der Waals surface area contributed by atoms with Gasteiger partial charge in [-0.1, -0.05) is 38.3 Å². The van der Waals surface area contributed by atoms with Crippen molar-refractivity contribution in [3.05, 3.63) is 35.4 Å². The third kappa shape index (κ3) is 4.31. The van der Waals surface area contributed by atoms with Gasteiger partial charge in [-0.2, -0.15) is 0 Å². The Morgan fingerprint density at radius 3 is 2.43 bits per heavy atom. The molecule has 21 heavy (non-hydrogen) atoms. The van der Waals surface area contributed by atoms with E-state index in [9.17, 15) is 9.90 Å². The van der Waals surface area contributed by atoms with E-state index in [4.69, 9.17) is 0 Å². The van der Waals surface area contributed by atoms with Crippen molar-refractivity contribution in [3.63, 3.8) is 0 Å². The number of amides is 1. The fourth-order valence-electron chi connectivity index (χ4n) is 3.12. The van der Waals surface area contributed by atoms with Crippen LogP contribution in [-0.2, 0) is 6.42 Å². The van der Waals surface area contributed by atoms with Crippen LogP contribution in [0.15, 0.2) is 24.3 Å². The summed E-state index contributed by atoms with van der Waals surface area (Å²) in [5.74, 6) is -0.00244. The summed E-state index contributed by atoms with van der Waals surface area (Å²) < 4.78 is 0. The fourth-order valence-corrected chi connectivity index (χ4v) is 3.12. The van der Waals surface area contributed by atoms with Crippen molar-refractivity contribution in [2.75, 3.05) is 13.6 Å². The molecular weight excluding hydrogens is 262 g/mol. The van der Waals surface area contributed by atoms with Gasteiger partial charge in [-0.25, -0.2) is 0 Å². The maximum atomic E-state index is 12.4. The molecule has 1 N–H and O–H groups in total. The Kier molecular flexibility index (Phi) is 5.40. The van der Waals surface area contributed by atoms with E-state index in [1.807, 2.05) is 24.3 Å². The van der Waals surface area contributed by atoms with Gasteiger partial charge in [-0.15, -0.1) is 0 Å². The van der Waals surface area contributed by atoms with E-state index >= 15 is 0 Å². The van der Waals surface area contributed by atoms with E-state index in [0.29, 0.717) is 12.1 Å². The van der Waals surface area contributed by atoms with Gasteiger partial charge in [-0.05, 0) is 43.4 Å². The molecule has 3 nitrogen and oxygen atoms in total. The average molecular weight is 289 g/mol. The van der Waals surface area contributed by atoms with Gasteiger partial charge in [0.25, 0.3) is 5.91 Å². The van der Waals surface area contributed by atoms with Crippen LogP contribution in [0.1, 0.15) is 61.4 Å². The Balaban J connectivity index is 1.95. The van der Waals surface area contributed by atoms with Crippen LogP contribution in [-0.4, -0.2) is 35.1 Å². The van der Waals surface area contributed by atoms with Gasteiger partial charge < -0.3 is 10.0 Å². The maximum Gasteiger partial charge on any atom is 0.253 e. The van der Waals surface area contributed by atoms with Crippen LogP contribution in [0.3, 0.4) is 0 Å². The van der Waals surface area contributed by atoms with Crippen molar-refractivity contribution in [3.8, 4) is 0 Å². The molecular formula is C18H27NO2. The van der Waals surface area contributed by atoms with Gasteiger partial charge in [0, 0.05) is 19.2 Å². The number of carbonyl (C=O) groups excluding carboxylic acids is 1. The first-order valence-corrected chi connectivity index (χ1v) is 8.11. The standard InChI is InChI=1S/C18H27NO2/c1-3-4-7-15-8-10-16(11-9-15)17(20)19(2)14-18(21)12-5-6-13-18/h8-11,21H,3-7,12-14H2,1-2H3. The van der Waals surface area contributed by atoms with Gasteiger partial charge in [-0.3, -0.25) is 4.79 Å². The van der Waals surface area contributed by atoms with Crippen LogP contribution < -0.4 is 0 Å². The largest absolute Gasteiger partial charge is 0.388 e. The second-order valence-corrected chi connectivity index (χ2v) is 6.39. The van der Waals surface area contributed by atoms with Gasteiger partial charge in [0.05, 0.1) is 5.60 Å². The second kappa shape index (κ2) is 7.08. The molecule has 1 aromatic rings. The number of benzene rings is 1. The Labute approximate surface area is 128 Å². The lowest BCUT2D eigenvalue weighted by molar-refractivity contribution is 0.0157. The molecule has 2 rings (SSSR count). The molecule has 0 bridgehead atoms. The minimum atomic E-state index is -0.675. The molecule has 0 heterocycles. The lowest BCUT2D eigenvalue weighted by Crippen LogP contribution is -2.42. The van der Waals surface area contributed by atoms with E-state index < -0.39 is 5.60 Å². The maximum absolute atomic E-state index is 12.4. The highest BCUT2D eigenvalue weighted by Crippen LogP contribution is 2.30. The highest BCUT2D eigenvalue weighted by Gasteiger charge is 2.33.